The van der Waals surface area contributed by atoms with Crippen LogP contribution in [0, 0.1) is 12.8 Å². The molecule has 2 aliphatic rings. The lowest BCUT2D eigenvalue weighted by molar-refractivity contribution is 0.122. The molecule has 3 aromatic rings. The van der Waals surface area contributed by atoms with Crippen molar-refractivity contribution in [2.75, 3.05) is 31.2 Å². The van der Waals surface area contributed by atoms with E-state index in [0.29, 0.717) is 48.3 Å². The summed E-state index contributed by atoms with van der Waals surface area (Å²) in [6.07, 6.45) is 3.06. The van der Waals surface area contributed by atoms with E-state index in [2.05, 4.69) is 15.1 Å². The van der Waals surface area contributed by atoms with Crippen LogP contribution in [0.15, 0.2) is 23.1 Å². The number of ether oxygens (including phenoxy) is 1. The Bertz CT molecular complexity index is 1130. The number of hydrogen-bond acceptors (Lipinski definition) is 6. The van der Waals surface area contributed by atoms with Gasteiger partial charge < -0.3 is 14.7 Å². The van der Waals surface area contributed by atoms with Crippen molar-refractivity contribution in [3.05, 3.63) is 44.8 Å². The summed E-state index contributed by atoms with van der Waals surface area (Å²) in [4.78, 5) is 22.1. The number of aliphatic hydroxyl groups excluding tert-OH is 1. The normalized spacial score (nSPS) is 18.4. The number of H-pyrrole nitrogens is 1. The van der Waals surface area contributed by atoms with E-state index in [9.17, 15) is 9.90 Å². The molecule has 29 heavy (non-hydrogen) atoms. The summed E-state index contributed by atoms with van der Waals surface area (Å²) in [7, 11) is 0. The molecule has 2 aromatic heterocycles. The molecule has 1 aliphatic heterocycles. The first-order valence-corrected chi connectivity index (χ1v) is 10.2. The summed E-state index contributed by atoms with van der Waals surface area (Å²) < 4.78 is 7.01. The maximum Gasteiger partial charge on any atom is 0.263 e. The van der Waals surface area contributed by atoms with Gasteiger partial charge in [0.25, 0.3) is 5.56 Å². The summed E-state index contributed by atoms with van der Waals surface area (Å²) in [6.45, 7) is 4.46. The maximum atomic E-state index is 12.7. The van der Waals surface area contributed by atoms with Crippen LogP contribution < -0.4 is 10.5 Å². The Morgan fingerprint density at radius 1 is 1.31 bits per heavy atom. The number of nitrogens with one attached hydrogen (secondary N) is 1. The van der Waals surface area contributed by atoms with Crippen LogP contribution >= 0.6 is 11.6 Å². The smallest absolute Gasteiger partial charge is 0.263 e. The van der Waals surface area contributed by atoms with Crippen molar-refractivity contribution in [2.45, 2.75) is 25.9 Å². The van der Waals surface area contributed by atoms with E-state index in [0.717, 1.165) is 29.7 Å². The largest absolute Gasteiger partial charge is 0.388 e. The molecule has 0 radical (unpaired) electrons. The lowest BCUT2D eigenvalue weighted by Gasteiger charge is -2.26. The van der Waals surface area contributed by atoms with Gasteiger partial charge in [0, 0.05) is 29.9 Å². The first-order valence-electron chi connectivity index (χ1n) is 9.82. The molecule has 0 bridgehead atoms. The van der Waals surface area contributed by atoms with Crippen LogP contribution in [-0.2, 0) is 4.74 Å². The third-order valence-corrected chi connectivity index (χ3v) is 5.82. The zero-order valence-electron chi connectivity index (χ0n) is 16.1. The van der Waals surface area contributed by atoms with Crippen molar-refractivity contribution < 1.29 is 9.84 Å². The van der Waals surface area contributed by atoms with Gasteiger partial charge in [-0.05, 0) is 43.4 Å². The zero-order valence-corrected chi connectivity index (χ0v) is 16.8. The molecule has 9 heteroatoms. The molecule has 1 aromatic carbocycles. The molecule has 0 amide bonds. The molecule has 1 saturated carbocycles. The van der Waals surface area contributed by atoms with Crippen molar-refractivity contribution in [3.63, 3.8) is 0 Å². The van der Waals surface area contributed by atoms with Gasteiger partial charge in [0.1, 0.15) is 5.39 Å². The average Bonchev–Trinajstić information content (AvgIpc) is 3.47. The third kappa shape index (κ3) is 3.41. The predicted molar refractivity (Wildman–Crippen MR) is 110 cm³/mol. The number of anilines is 1. The second-order valence-corrected chi connectivity index (χ2v) is 8.18. The molecular formula is C20H22ClN5O3. The van der Waals surface area contributed by atoms with Gasteiger partial charge in [-0.25, -0.2) is 4.68 Å². The molecule has 1 unspecified atom stereocenters. The fourth-order valence-corrected chi connectivity index (χ4v) is 4.19. The topological polar surface area (TPSA) is 96.3 Å². The summed E-state index contributed by atoms with van der Waals surface area (Å²) in [5.41, 5.74) is 2.49. The highest BCUT2D eigenvalue weighted by molar-refractivity contribution is 6.30. The summed E-state index contributed by atoms with van der Waals surface area (Å²) >= 11 is 6.27. The number of aromatic amines is 1. The molecule has 0 spiro atoms. The van der Waals surface area contributed by atoms with Gasteiger partial charge >= 0.3 is 0 Å². The molecule has 2 fully saturated rings. The number of halogens is 1. The molecule has 5 rings (SSSR count). The van der Waals surface area contributed by atoms with Crippen molar-refractivity contribution in [2.24, 2.45) is 5.92 Å². The molecular weight excluding hydrogens is 394 g/mol. The average molecular weight is 416 g/mol. The van der Waals surface area contributed by atoms with E-state index >= 15 is 0 Å². The van der Waals surface area contributed by atoms with Gasteiger partial charge in [-0.1, -0.05) is 11.6 Å². The first-order chi connectivity index (χ1) is 14.0. The highest BCUT2D eigenvalue weighted by atomic mass is 35.5. The monoisotopic (exact) mass is 415 g/mol. The van der Waals surface area contributed by atoms with E-state index in [1.807, 2.05) is 17.9 Å². The van der Waals surface area contributed by atoms with Crippen molar-refractivity contribution >= 4 is 28.6 Å². The Kier molecular flexibility index (Phi) is 4.57. The minimum atomic E-state index is -0.607. The number of hydrogen-bond donors (Lipinski definition) is 2. The number of morpholine rings is 1. The summed E-state index contributed by atoms with van der Waals surface area (Å²) in [6, 6.07) is 3.62. The van der Waals surface area contributed by atoms with Crippen LogP contribution in [0.4, 0.5) is 5.95 Å². The molecule has 8 nitrogen and oxygen atoms in total. The van der Waals surface area contributed by atoms with E-state index < -0.39 is 6.10 Å². The molecule has 152 valence electrons. The van der Waals surface area contributed by atoms with Crippen LogP contribution in [0.3, 0.4) is 0 Å². The number of aromatic nitrogens is 4. The van der Waals surface area contributed by atoms with Crippen molar-refractivity contribution in [1.29, 1.82) is 0 Å². The van der Waals surface area contributed by atoms with Gasteiger partial charge in [0.2, 0.25) is 5.95 Å². The Morgan fingerprint density at radius 3 is 2.79 bits per heavy atom. The Balaban J connectivity index is 1.62. The fraction of sp³-hybridized carbons (Fsp3) is 0.450. The molecule has 1 atom stereocenters. The summed E-state index contributed by atoms with van der Waals surface area (Å²) in [5, 5.41) is 16.4. The number of rotatable bonds is 4. The highest BCUT2D eigenvalue weighted by Crippen LogP contribution is 2.43. The third-order valence-electron chi connectivity index (χ3n) is 5.60. The SMILES string of the molecule is Cc1cc(Cl)cc(C(O)C2CC2)c1-n1cc2c(=O)[nH]c(N3CCOCC3)nc2n1. The van der Waals surface area contributed by atoms with E-state index in [1.54, 1.807) is 16.9 Å². The van der Waals surface area contributed by atoms with Crippen molar-refractivity contribution in [1.82, 2.24) is 19.7 Å². The van der Waals surface area contributed by atoms with Crippen LogP contribution in [0.5, 0.6) is 0 Å². The zero-order chi connectivity index (χ0) is 20.1. The van der Waals surface area contributed by atoms with Crippen LogP contribution in [0.1, 0.15) is 30.1 Å². The number of aliphatic hydroxyl groups is 1. The number of fused-ring (bicyclic) bond motifs is 1. The van der Waals surface area contributed by atoms with Crippen LogP contribution in [0.2, 0.25) is 5.02 Å². The van der Waals surface area contributed by atoms with Gasteiger partial charge in [-0.15, -0.1) is 5.10 Å². The lowest BCUT2D eigenvalue weighted by Crippen LogP contribution is -2.38. The Labute approximate surface area is 172 Å². The van der Waals surface area contributed by atoms with Gasteiger partial charge in [-0.3, -0.25) is 9.78 Å². The summed E-state index contributed by atoms with van der Waals surface area (Å²) in [5.74, 6) is 0.744. The predicted octanol–water partition coefficient (Wildman–Crippen LogP) is 2.35. The molecule has 1 aliphatic carbocycles. The standard InChI is InChI=1S/C20H22ClN5O3/c1-11-8-13(21)9-14(17(27)12-2-3-12)16(11)26-10-15-18(24-26)22-20(23-19(15)28)25-4-6-29-7-5-25/h8-10,12,17,27H,2-7H2,1H3,(H,22,23,24,28). The lowest BCUT2D eigenvalue weighted by atomic mass is 10.00. The van der Waals surface area contributed by atoms with Gasteiger partial charge in [-0.2, -0.15) is 4.98 Å². The van der Waals surface area contributed by atoms with Crippen LogP contribution in [-0.4, -0.2) is 51.2 Å². The second-order valence-electron chi connectivity index (χ2n) is 7.74. The minimum Gasteiger partial charge on any atom is -0.388 e. The number of aryl methyl sites for hydroxylation is 1. The van der Waals surface area contributed by atoms with E-state index in [4.69, 9.17) is 16.3 Å². The first kappa shape index (κ1) is 18.6. The van der Waals surface area contributed by atoms with E-state index in [-0.39, 0.29) is 11.5 Å². The second kappa shape index (κ2) is 7.12. The quantitative estimate of drug-likeness (QED) is 0.679. The van der Waals surface area contributed by atoms with Crippen LogP contribution in [0.25, 0.3) is 16.7 Å². The molecule has 2 N–H and O–H groups in total. The van der Waals surface area contributed by atoms with E-state index in [1.165, 1.54) is 0 Å². The Hall–Kier alpha value is -2.42. The molecule has 1 saturated heterocycles. The molecule has 3 heterocycles. The van der Waals surface area contributed by atoms with Gasteiger partial charge in [0.05, 0.1) is 25.0 Å². The Morgan fingerprint density at radius 2 is 2.07 bits per heavy atom. The number of nitrogens with zero attached hydrogens (tertiary/aromatic N) is 4. The van der Waals surface area contributed by atoms with Crippen molar-refractivity contribution in [3.8, 4) is 5.69 Å². The van der Waals surface area contributed by atoms with Gasteiger partial charge in [0.15, 0.2) is 5.65 Å². The highest BCUT2D eigenvalue weighted by Gasteiger charge is 2.33. The fourth-order valence-electron chi connectivity index (χ4n) is 3.91. The maximum absolute atomic E-state index is 12.7. The number of benzene rings is 1. The minimum absolute atomic E-state index is 0.237.